The molecular weight excluding hydrogens is 341 g/mol. The van der Waals surface area contributed by atoms with Crippen molar-refractivity contribution in [2.75, 3.05) is 25.6 Å². The van der Waals surface area contributed by atoms with Gasteiger partial charge in [-0.1, -0.05) is 23.2 Å². The van der Waals surface area contributed by atoms with Crippen molar-refractivity contribution in [1.82, 2.24) is 0 Å². The number of ether oxygens (including phenoxy) is 2. The number of carbonyl (C=O) groups is 1. The van der Waals surface area contributed by atoms with Crippen molar-refractivity contribution in [3.8, 4) is 11.5 Å². The Hall–Kier alpha value is -2.11. The van der Waals surface area contributed by atoms with Crippen LogP contribution in [0.4, 0.5) is 5.69 Å². The van der Waals surface area contributed by atoms with Gasteiger partial charge in [-0.2, -0.15) is 0 Å². The number of hydrogen-bond donors (Lipinski definition) is 2. The molecule has 0 saturated carbocycles. The molecule has 122 valence electrons. The maximum atomic E-state index is 11.2. The molecule has 0 aliphatic heterocycles. The van der Waals surface area contributed by atoms with Gasteiger partial charge in [-0.15, -0.1) is 0 Å². The second-order valence-electron chi connectivity index (χ2n) is 4.57. The largest absolute Gasteiger partial charge is 0.497 e. The van der Waals surface area contributed by atoms with Crippen molar-refractivity contribution < 1.29 is 19.4 Å². The molecule has 0 atom stereocenters. The van der Waals surface area contributed by atoms with Gasteiger partial charge < -0.3 is 19.9 Å². The lowest BCUT2D eigenvalue weighted by atomic mass is 10.2. The Morgan fingerprint density at radius 3 is 2.43 bits per heavy atom. The van der Waals surface area contributed by atoms with Crippen LogP contribution in [0.15, 0.2) is 36.4 Å². The Balaban J connectivity index is 1.94. The van der Waals surface area contributed by atoms with Crippen LogP contribution in [0, 0.1) is 0 Å². The van der Waals surface area contributed by atoms with Crippen molar-refractivity contribution in [3.63, 3.8) is 0 Å². The van der Waals surface area contributed by atoms with Crippen LogP contribution in [0.2, 0.25) is 10.0 Å². The average molecular weight is 356 g/mol. The van der Waals surface area contributed by atoms with Crippen LogP contribution in [0.5, 0.6) is 11.5 Å². The third-order valence-corrected chi connectivity index (χ3v) is 3.53. The van der Waals surface area contributed by atoms with Gasteiger partial charge in [0.25, 0.3) is 0 Å². The highest BCUT2D eigenvalue weighted by atomic mass is 35.5. The fourth-order valence-corrected chi connectivity index (χ4v) is 2.50. The summed E-state index contributed by atoms with van der Waals surface area (Å²) >= 11 is 11.9. The van der Waals surface area contributed by atoms with E-state index < -0.39 is 5.97 Å². The van der Waals surface area contributed by atoms with Gasteiger partial charge in [0.05, 0.1) is 23.4 Å². The smallest absolute Gasteiger partial charge is 0.337 e. The van der Waals surface area contributed by atoms with Crippen molar-refractivity contribution in [2.24, 2.45) is 0 Å². The number of benzene rings is 2. The fraction of sp³-hybridized carbons (Fsp3) is 0.188. The molecule has 2 rings (SSSR count). The minimum Gasteiger partial charge on any atom is -0.497 e. The Labute approximate surface area is 143 Å². The molecule has 2 N–H and O–H groups in total. The zero-order valence-electron chi connectivity index (χ0n) is 12.3. The van der Waals surface area contributed by atoms with Crippen LogP contribution in [0.1, 0.15) is 10.4 Å². The Morgan fingerprint density at radius 2 is 1.83 bits per heavy atom. The van der Waals surface area contributed by atoms with E-state index in [0.717, 1.165) is 5.75 Å². The van der Waals surface area contributed by atoms with E-state index in [-0.39, 0.29) is 15.6 Å². The van der Waals surface area contributed by atoms with Crippen LogP contribution in [-0.4, -0.2) is 31.3 Å². The lowest BCUT2D eigenvalue weighted by molar-refractivity contribution is 0.0698. The van der Waals surface area contributed by atoms with E-state index in [9.17, 15) is 9.90 Å². The highest BCUT2D eigenvalue weighted by molar-refractivity contribution is 6.37. The van der Waals surface area contributed by atoms with Crippen LogP contribution < -0.4 is 14.8 Å². The summed E-state index contributed by atoms with van der Waals surface area (Å²) in [5, 5.41) is 12.7. The molecule has 2 aromatic rings. The zero-order chi connectivity index (χ0) is 16.8. The molecule has 0 aliphatic rings. The minimum atomic E-state index is -1.10. The molecular formula is C16H15Cl2NO4. The Kier molecular flexibility index (Phi) is 5.96. The second kappa shape index (κ2) is 7.94. The maximum absolute atomic E-state index is 11.2. The molecule has 0 aromatic heterocycles. The molecule has 0 aliphatic carbocycles. The molecule has 0 bridgehead atoms. The monoisotopic (exact) mass is 355 g/mol. The number of hydrogen-bond acceptors (Lipinski definition) is 4. The first-order valence-electron chi connectivity index (χ1n) is 6.74. The third-order valence-electron chi connectivity index (χ3n) is 3.02. The van der Waals surface area contributed by atoms with Gasteiger partial charge >= 0.3 is 5.97 Å². The summed E-state index contributed by atoms with van der Waals surface area (Å²) in [5.41, 5.74) is 0.342. The van der Waals surface area contributed by atoms with Gasteiger partial charge in [0.1, 0.15) is 18.1 Å². The van der Waals surface area contributed by atoms with Gasteiger partial charge in [-0.05, 0) is 36.4 Å². The van der Waals surface area contributed by atoms with Gasteiger partial charge in [0, 0.05) is 11.6 Å². The van der Waals surface area contributed by atoms with Gasteiger partial charge in [-0.3, -0.25) is 0 Å². The molecule has 0 unspecified atom stereocenters. The molecule has 23 heavy (non-hydrogen) atoms. The van der Waals surface area contributed by atoms with Crippen LogP contribution in [0.3, 0.4) is 0 Å². The van der Waals surface area contributed by atoms with E-state index in [1.807, 2.05) is 0 Å². The average Bonchev–Trinajstić information content (AvgIpc) is 2.53. The van der Waals surface area contributed by atoms with Gasteiger partial charge in [0.15, 0.2) is 0 Å². The molecule has 0 spiro atoms. The summed E-state index contributed by atoms with van der Waals surface area (Å²) < 4.78 is 10.6. The van der Waals surface area contributed by atoms with E-state index in [2.05, 4.69) is 5.32 Å². The van der Waals surface area contributed by atoms with Gasteiger partial charge in [0.2, 0.25) is 0 Å². The first-order valence-corrected chi connectivity index (χ1v) is 7.50. The number of aromatic carboxylic acids is 1. The zero-order valence-corrected chi connectivity index (χ0v) is 13.8. The molecule has 2 aromatic carbocycles. The molecule has 0 radical (unpaired) electrons. The molecule has 7 heteroatoms. The minimum absolute atomic E-state index is 0.0203. The predicted octanol–water partition coefficient (Wildman–Crippen LogP) is 4.19. The number of carboxylic acid groups (broad SMARTS) is 1. The lowest BCUT2D eigenvalue weighted by Gasteiger charge is -2.13. The van der Waals surface area contributed by atoms with Crippen LogP contribution in [-0.2, 0) is 0 Å². The quantitative estimate of drug-likeness (QED) is 0.728. The SMILES string of the molecule is COc1ccc(OCCNc2c(Cl)cc(Cl)cc2C(=O)O)cc1. The summed E-state index contributed by atoms with van der Waals surface area (Å²) in [6, 6.07) is 10.0. The summed E-state index contributed by atoms with van der Waals surface area (Å²) in [6.45, 7) is 0.720. The highest BCUT2D eigenvalue weighted by Crippen LogP contribution is 2.30. The number of halogens is 2. The summed E-state index contributed by atoms with van der Waals surface area (Å²) in [4.78, 5) is 11.2. The standard InChI is InChI=1S/C16H15Cl2NO4/c1-22-11-2-4-12(5-3-11)23-7-6-19-15-13(16(20)21)8-10(17)9-14(15)18/h2-5,8-9,19H,6-7H2,1H3,(H,20,21). The predicted molar refractivity (Wildman–Crippen MR) is 90.4 cm³/mol. The molecule has 0 heterocycles. The number of nitrogens with one attached hydrogen (secondary N) is 1. The molecule has 5 nitrogen and oxygen atoms in total. The molecule has 0 saturated heterocycles. The van der Waals surface area contributed by atoms with E-state index in [1.165, 1.54) is 12.1 Å². The first-order chi connectivity index (χ1) is 11.0. The number of rotatable bonds is 7. The normalized spacial score (nSPS) is 10.2. The summed E-state index contributed by atoms with van der Waals surface area (Å²) in [6.07, 6.45) is 0. The molecule has 0 fully saturated rings. The Bertz CT molecular complexity index is 689. The summed E-state index contributed by atoms with van der Waals surface area (Å²) in [7, 11) is 1.59. The van der Waals surface area contributed by atoms with Crippen LogP contribution in [0.25, 0.3) is 0 Å². The number of carboxylic acids is 1. The van der Waals surface area contributed by atoms with Gasteiger partial charge in [-0.25, -0.2) is 4.79 Å². The highest BCUT2D eigenvalue weighted by Gasteiger charge is 2.14. The second-order valence-corrected chi connectivity index (χ2v) is 5.41. The topological polar surface area (TPSA) is 67.8 Å². The van der Waals surface area contributed by atoms with Crippen molar-refractivity contribution in [2.45, 2.75) is 0 Å². The number of methoxy groups -OCH3 is 1. The fourth-order valence-electron chi connectivity index (χ4n) is 1.94. The maximum Gasteiger partial charge on any atom is 0.337 e. The summed E-state index contributed by atoms with van der Waals surface area (Å²) in [5.74, 6) is 0.329. The van der Waals surface area contributed by atoms with E-state index in [0.29, 0.717) is 24.6 Å². The first kappa shape index (κ1) is 17.2. The van der Waals surface area contributed by atoms with Crippen molar-refractivity contribution in [1.29, 1.82) is 0 Å². The van der Waals surface area contributed by atoms with E-state index in [1.54, 1.807) is 31.4 Å². The lowest BCUT2D eigenvalue weighted by Crippen LogP contribution is -2.14. The van der Waals surface area contributed by atoms with E-state index >= 15 is 0 Å². The van der Waals surface area contributed by atoms with Crippen LogP contribution >= 0.6 is 23.2 Å². The van der Waals surface area contributed by atoms with E-state index in [4.69, 9.17) is 32.7 Å². The van der Waals surface area contributed by atoms with Crippen molar-refractivity contribution >= 4 is 34.9 Å². The Morgan fingerprint density at radius 1 is 1.17 bits per heavy atom. The van der Waals surface area contributed by atoms with Crippen molar-refractivity contribution in [3.05, 3.63) is 52.0 Å². The third kappa shape index (κ3) is 4.68. The number of anilines is 1. The molecule has 0 amide bonds.